The van der Waals surface area contributed by atoms with Crippen LogP contribution in [0.4, 0.5) is 0 Å². The highest BCUT2D eigenvalue weighted by atomic mass is 16.5. The first-order chi connectivity index (χ1) is 63.6. The van der Waals surface area contributed by atoms with Crippen LogP contribution in [-0.4, -0.2) is 118 Å². The lowest BCUT2D eigenvalue weighted by atomic mass is 9.91. The Bertz CT molecular complexity index is 6440. The molecule has 0 N–H and O–H groups in total. The van der Waals surface area contributed by atoms with Gasteiger partial charge >= 0.3 is 0 Å². The summed E-state index contributed by atoms with van der Waals surface area (Å²) in [5.74, 6) is 4.16. The lowest BCUT2D eigenvalue weighted by Gasteiger charge is -2.13. The number of aromatic nitrogens is 2. The first kappa shape index (κ1) is 86.4. The highest BCUT2D eigenvalue weighted by Gasteiger charge is 2.34. The van der Waals surface area contributed by atoms with E-state index >= 15 is 0 Å². The maximum atomic E-state index is 5.98. The molecule has 6 aliphatic heterocycles. The molecule has 15 aromatic rings. The molecule has 0 atom stereocenters. The molecule has 14 heteroatoms. The van der Waals surface area contributed by atoms with Crippen molar-refractivity contribution in [3.63, 3.8) is 0 Å². The molecule has 13 aromatic carbocycles. The fourth-order valence-corrected chi connectivity index (χ4v) is 16.8. The highest BCUT2D eigenvalue weighted by Crippen LogP contribution is 2.41. The van der Waals surface area contributed by atoms with Crippen LogP contribution in [0.5, 0.6) is 0 Å². The van der Waals surface area contributed by atoms with E-state index in [0.717, 1.165) is 134 Å². The largest absolute Gasteiger partial charge is 0.475 e. The van der Waals surface area contributed by atoms with Crippen molar-refractivity contribution in [2.45, 2.75) is 116 Å². The molecule has 2 aromatic heterocycles. The molecule has 0 bridgehead atoms. The van der Waals surface area contributed by atoms with Gasteiger partial charge in [0.15, 0.2) is 0 Å². The van der Waals surface area contributed by atoms with Gasteiger partial charge in [0.05, 0.1) is 56.0 Å². The number of aliphatic imine (C=N–C) groups is 6. The van der Waals surface area contributed by atoms with Crippen LogP contribution < -0.4 is 0 Å². The zero-order valence-electron chi connectivity index (χ0n) is 76.8. The van der Waals surface area contributed by atoms with Crippen molar-refractivity contribution in [3.05, 3.63) is 385 Å². The molecule has 0 saturated heterocycles. The van der Waals surface area contributed by atoms with Gasteiger partial charge in [-0.15, -0.1) is 0 Å². The lowest BCUT2D eigenvalue weighted by molar-refractivity contribution is 0.279. The van der Waals surface area contributed by atoms with Crippen molar-refractivity contribution >= 4 is 35.4 Å². The van der Waals surface area contributed by atoms with Gasteiger partial charge in [-0.1, -0.05) is 237 Å². The van der Waals surface area contributed by atoms with Crippen LogP contribution in [0.15, 0.2) is 382 Å². The Kier molecular flexibility index (Phi) is 23.4. The summed E-state index contributed by atoms with van der Waals surface area (Å²) in [6.45, 7) is 28.6. The summed E-state index contributed by atoms with van der Waals surface area (Å²) >= 11 is 0. The molecule has 654 valence electrons. The third kappa shape index (κ3) is 20.0. The Balaban J connectivity index is 0.000000128. The maximum Gasteiger partial charge on any atom is 0.216 e. The number of ether oxygens (including phenoxy) is 6. The SMILES string of the molecule is CC1(C)COC(c2ccc(-c3cc(-c4ccc(-c5ccccc5)cc4)cc(-c4ccc(C5=NC(C)(C)CO5)cc4)n3)cc2)=N1.CC1(C)COC(c2cccc(-c3cc(-c4ccc(-c5ccccc5)cc4)cc(-c4cccc(C5=NC(C)(C)CO5)c4)c3)c2)=N1.CC1(C)COC(c2cccc(-c3cc(-c4ccc(-c5ccccc5)cc4)cc(-c4cccc(C5=NC(C)(C)CO5)c4)n3)c2)=N1. The zero-order chi connectivity index (χ0) is 90.9. The fourth-order valence-electron chi connectivity index (χ4n) is 16.8. The summed E-state index contributed by atoms with van der Waals surface area (Å²) < 4.78 is 35.6. The first-order valence-corrected chi connectivity index (χ1v) is 45.3. The van der Waals surface area contributed by atoms with E-state index in [4.69, 9.17) is 68.3 Å². The van der Waals surface area contributed by atoms with Crippen molar-refractivity contribution in [2.75, 3.05) is 39.6 Å². The summed E-state index contributed by atoms with van der Waals surface area (Å²) in [7, 11) is 0. The third-order valence-corrected chi connectivity index (χ3v) is 23.9. The quantitative estimate of drug-likeness (QED) is 0.0822. The average molecular weight is 1730 g/mol. The van der Waals surface area contributed by atoms with Crippen LogP contribution in [0.3, 0.4) is 0 Å². The molecule has 0 radical (unpaired) electrons. The van der Waals surface area contributed by atoms with Gasteiger partial charge in [-0.25, -0.2) is 39.9 Å². The van der Waals surface area contributed by atoms with Crippen molar-refractivity contribution in [2.24, 2.45) is 30.0 Å². The van der Waals surface area contributed by atoms with Crippen LogP contribution in [0.1, 0.15) is 116 Å². The van der Waals surface area contributed by atoms with Gasteiger partial charge in [0.25, 0.3) is 0 Å². The lowest BCUT2D eigenvalue weighted by Crippen LogP contribution is -2.17. The van der Waals surface area contributed by atoms with E-state index in [1.807, 2.05) is 42.5 Å². The Morgan fingerprint density at radius 3 is 0.545 bits per heavy atom. The minimum Gasteiger partial charge on any atom is -0.475 e. The third-order valence-electron chi connectivity index (χ3n) is 23.9. The van der Waals surface area contributed by atoms with Crippen LogP contribution >= 0.6 is 0 Å². The number of nitrogens with zero attached hydrogens (tertiary/aromatic N) is 8. The van der Waals surface area contributed by atoms with E-state index in [1.54, 1.807) is 0 Å². The molecule has 0 saturated carbocycles. The molecule has 8 heterocycles. The predicted molar refractivity (Wildman–Crippen MR) is 540 cm³/mol. The van der Waals surface area contributed by atoms with Crippen LogP contribution in [-0.2, 0) is 28.4 Å². The average Bonchev–Trinajstić information content (AvgIpc) is 1.04. The van der Waals surface area contributed by atoms with Crippen molar-refractivity contribution in [1.82, 2.24) is 9.97 Å². The highest BCUT2D eigenvalue weighted by molar-refractivity contribution is 6.01. The van der Waals surface area contributed by atoms with E-state index in [0.29, 0.717) is 75.0 Å². The van der Waals surface area contributed by atoms with Crippen LogP contribution in [0.2, 0.25) is 0 Å². The van der Waals surface area contributed by atoms with E-state index in [-0.39, 0.29) is 33.2 Å². The molecule has 14 nitrogen and oxygen atoms in total. The predicted octanol–water partition coefficient (Wildman–Crippen LogP) is 27.2. The molecule has 0 amide bonds. The van der Waals surface area contributed by atoms with Crippen molar-refractivity contribution < 1.29 is 28.4 Å². The number of pyridine rings is 2. The second-order valence-electron chi connectivity index (χ2n) is 38.5. The van der Waals surface area contributed by atoms with Crippen molar-refractivity contribution in [1.29, 1.82) is 0 Å². The van der Waals surface area contributed by atoms with E-state index in [9.17, 15) is 0 Å². The van der Waals surface area contributed by atoms with Gasteiger partial charge in [0, 0.05) is 55.6 Å². The minimum absolute atomic E-state index is 0.197. The number of rotatable bonds is 18. The van der Waals surface area contributed by atoms with Gasteiger partial charge in [-0.3, -0.25) is 0 Å². The smallest absolute Gasteiger partial charge is 0.216 e. The van der Waals surface area contributed by atoms with E-state index in [2.05, 4.69) is 392 Å². The van der Waals surface area contributed by atoms with Crippen LogP contribution in [0, 0.1) is 0 Å². The molecular formula is C118H106N8O6. The van der Waals surface area contributed by atoms with Gasteiger partial charge in [0.2, 0.25) is 35.4 Å². The topological polar surface area (TPSA) is 155 Å². The molecule has 0 aliphatic carbocycles. The minimum atomic E-state index is -0.226. The Hall–Kier alpha value is -15.0. The van der Waals surface area contributed by atoms with Gasteiger partial charge < -0.3 is 28.4 Å². The van der Waals surface area contributed by atoms with Crippen molar-refractivity contribution in [3.8, 4) is 134 Å². The Morgan fingerprint density at radius 1 is 0.144 bits per heavy atom. The Labute approximate surface area is 774 Å². The van der Waals surface area contributed by atoms with Gasteiger partial charge in [-0.05, 0) is 287 Å². The zero-order valence-corrected chi connectivity index (χ0v) is 76.8. The first-order valence-electron chi connectivity index (χ1n) is 45.3. The second kappa shape index (κ2) is 35.8. The van der Waals surface area contributed by atoms with Crippen LogP contribution in [0.25, 0.3) is 134 Å². The normalized spacial score (nSPS) is 16.5. The summed E-state index contributed by atoms with van der Waals surface area (Å²) in [4.78, 5) is 39.0. The summed E-state index contributed by atoms with van der Waals surface area (Å²) in [6, 6.07) is 123. The standard InChI is InChI=1S/C40H36N2O2.2C39H35N3O2/c1-39(2)25-43-37(41-39)32-14-8-12-30(20-32)35-22-34(29-18-16-28(17-19-29)27-10-6-5-7-11-27)23-36(24-35)31-13-9-15-33(21-31)38-42-40(3,4)26-44-38;1-38(2)24-43-36(41-38)31-14-8-12-29(20-31)34-22-33(28-18-16-27(17-19-28)26-10-6-5-7-11-26)23-35(40-34)30-13-9-15-32(21-30)37-42-39(3,4)25-44-37;1-38(2)24-43-36(41-38)31-18-14-29(15-19-31)34-22-33(28-12-10-27(11-13-28)26-8-6-5-7-9-26)23-35(40-34)30-16-20-32(21-17-30)37-42-39(3,4)25-44-37/h5-24H,25-26H2,1-4H3;2*5-23H,24-25H2,1-4H3. The fraction of sp³-hybridized carbons (Fsp3) is 0.203. The number of hydrogen-bond acceptors (Lipinski definition) is 14. The summed E-state index contributed by atoms with van der Waals surface area (Å²) in [5, 5.41) is 0. The maximum absolute atomic E-state index is 5.98. The summed E-state index contributed by atoms with van der Waals surface area (Å²) in [5.41, 5.74) is 30.7. The molecule has 0 spiro atoms. The second-order valence-corrected chi connectivity index (χ2v) is 38.5. The molecule has 6 aliphatic rings. The number of hydrogen-bond donors (Lipinski definition) is 0. The number of benzene rings is 13. The van der Waals surface area contributed by atoms with Gasteiger partial charge in [0.1, 0.15) is 39.6 Å². The Morgan fingerprint density at radius 2 is 0.303 bits per heavy atom. The molecule has 132 heavy (non-hydrogen) atoms. The van der Waals surface area contributed by atoms with E-state index in [1.165, 1.54) is 33.4 Å². The summed E-state index contributed by atoms with van der Waals surface area (Å²) in [6.07, 6.45) is 0. The molecule has 0 fully saturated rings. The molecule has 21 rings (SSSR count). The molecule has 0 unspecified atom stereocenters. The molecular weight excluding hydrogens is 1630 g/mol. The van der Waals surface area contributed by atoms with Gasteiger partial charge in [-0.2, -0.15) is 0 Å². The monoisotopic (exact) mass is 1730 g/mol. The van der Waals surface area contributed by atoms with E-state index < -0.39 is 0 Å².